The van der Waals surface area contributed by atoms with E-state index in [1.54, 1.807) is 55.6 Å². The molecule has 0 aliphatic carbocycles. The molecular formula is C17H12Cl2N2O3. The number of carbonyl (C=O) groups is 1. The number of rotatable bonds is 4. The van der Waals surface area contributed by atoms with Crippen LogP contribution in [0, 0.1) is 0 Å². The second-order valence-electron chi connectivity index (χ2n) is 4.89. The molecular weight excluding hydrogens is 351 g/mol. The van der Waals surface area contributed by atoms with Gasteiger partial charge in [0.1, 0.15) is 5.75 Å². The third-order valence-electron chi connectivity index (χ3n) is 3.29. The van der Waals surface area contributed by atoms with E-state index in [4.69, 9.17) is 32.5 Å². The maximum atomic E-state index is 12.2. The number of nitrogens with zero attached hydrogens (tertiary/aromatic N) is 1. The fourth-order valence-corrected chi connectivity index (χ4v) is 2.34. The lowest BCUT2D eigenvalue weighted by atomic mass is 10.1. The molecule has 24 heavy (non-hydrogen) atoms. The Hall–Kier alpha value is -2.50. The summed E-state index contributed by atoms with van der Waals surface area (Å²) in [4.78, 5) is 12.2. The number of anilines is 1. The molecule has 122 valence electrons. The molecule has 1 amide bonds. The zero-order valence-electron chi connectivity index (χ0n) is 12.5. The highest BCUT2D eigenvalue weighted by molar-refractivity contribution is 6.42. The van der Waals surface area contributed by atoms with Crippen LogP contribution in [0.2, 0.25) is 10.0 Å². The van der Waals surface area contributed by atoms with Crippen LogP contribution in [0.1, 0.15) is 10.5 Å². The van der Waals surface area contributed by atoms with Crippen molar-refractivity contribution in [3.05, 3.63) is 64.3 Å². The standard InChI is InChI=1S/C17H12Cl2N2O3/c1-23-12-5-3-11(4-6-12)20-17(22)15-9-16(24-21-15)10-2-7-13(18)14(19)8-10/h2-9H,1H3,(H,20,22). The van der Waals surface area contributed by atoms with Gasteiger partial charge in [0, 0.05) is 17.3 Å². The van der Waals surface area contributed by atoms with E-state index >= 15 is 0 Å². The quantitative estimate of drug-likeness (QED) is 0.715. The summed E-state index contributed by atoms with van der Waals surface area (Å²) in [5, 5.41) is 7.36. The van der Waals surface area contributed by atoms with E-state index in [1.165, 1.54) is 0 Å². The number of aromatic nitrogens is 1. The molecule has 7 heteroatoms. The molecule has 0 bridgehead atoms. The van der Waals surface area contributed by atoms with Crippen molar-refractivity contribution in [2.75, 3.05) is 12.4 Å². The van der Waals surface area contributed by atoms with Crippen molar-refractivity contribution in [3.8, 4) is 17.1 Å². The maximum absolute atomic E-state index is 12.2. The highest BCUT2D eigenvalue weighted by atomic mass is 35.5. The molecule has 0 fully saturated rings. The van der Waals surface area contributed by atoms with Gasteiger partial charge in [-0.3, -0.25) is 4.79 Å². The third kappa shape index (κ3) is 3.53. The molecule has 0 radical (unpaired) electrons. The second kappa shape index (κ2) is 6.95. The number of carbonyl (C=O) groups excluding carboxylic acids is 1. The number of hydrogen-bond donors (Lipinski definition) is 1. The summed E-state index contributed by atoms with van der Waals surface area (Å²) in [7, 11) is 1.58. The number of methoxy groups -OCH3 is 1. The van der Waals surface area contributed by atoms with Crippen molar-refractivity contribution in [2.24, 2.45) is 0 Å². The summed E-state index contributed by atoms with van der Waals surface area (Å²) in [5.74, 6) is 0.750. The Balaban J connectivity index is 1.76. The SMILES string of the molecule is COc1ccc(NC(=O)c2cc(-c3ccc(Cl)c(Cl)c3)on2)cc1. The summed E-state index contributed by atoms with van der Waals surface area (Å²) in [5.41, 5.74) is 1.46. The third-order valence-corrected chi connectivity index (χ3v) is 4.03. The Kier molecular flexibility index (Phi) is 4.74. The molecule has 0 aliphatic heterocycles. The second-order valence-corrected chi connectivity index (χ2v) is 5.70. The summed E-state index contributed by atoms with van der Waals surface area (Å²) in [6.45, 7) is 0. The number of benzene rings is 2. The Bertz CT molecular complexity index is 876. The van der Waals surface area contributed by atoms with Gasteiger partial charge in [-0.2, -0.15) is 0 Å². The molecule has 5 nitrogen and oxygen atoms in total. The fourth-order valence-electron chi connectivity index (χ4n) is 2.04. The van der Waals surface area contributed by atoms with E-state index in [-0.39, 0.29) is 11.6 Å². The summed E-state index contributed by atoms with van der Waals surface area (Å²) < 4.78 is 10.3. The van der Waals surface area contributed by atoms with Crippen LogP contribution >= 0.6 is 23.2 Å². The van der Waals surface area contributed by atoms with Crippen LogP contribution in [-0.2, 0) is 0 Å². The molecule has 0 saturated carbocycles. The Morgan fingerprint density at radius 1 is 1.08 bits per heavy atom. The lowest BCUT2D eigenvalue weighted by Crippen LogP contribution is -2.11. The van der Waals surface area contributed by atoms with Gasteiger partial charge in [-0.05, 0) is 42.5 Å². The summed E-state index contributed by atoms with van der Waals surface area (Å²) >= 11 is 11.9. The van der Waals surface area contributed by atoms with E-state index in [1.807, 2.05) is 0 Å². The molecule has 0 saturated heterocycles. The van der Waals surface area contributed by atoms with E-state index in [9.17, 15) is 4.79 Å². The first-order valence-electron chi connectivity index (χ1n) is 6.94. The number of halogens is 2. The lowest BCUT2D eigenvalue weighted by molar-refractivity contribution is 0.101. The predicted octanol–water partition coefficient (Wildman–Crippen LogP) is 4.91. The number of amides is 1. The van der Waals surface area contributed by atoms with Crippen LogP contribution in [0.3, 0.4) is 0 Å². The average Bonchev–Trinajstić information content (AvgIpc) is 3.08. The number of ether oxygens (including phenoxy) is 1. The van der Waals surface area contributed by atoms with Crippen molar-refractivity contribution in [1.29, 1.82) is 0 Å². The predicted molar refractivity (Wildman–Crippen MR) is 92.9 cm³/mol. The topological polar surface area (TPSA) is 64.4 Å². The highest BCUT2D eigenvalue weighted by Crippen LogP contribution is 2.29. The first-order valence-corrected chi connectivity index (χ1v) is 7.70. The molecule has 1 N–H and O–H groups in total. The van der Waals surface area contributed by atoms with Gasteiger partial charge >= 0.3 is 0 Å². The van der Waals surface area contributed by atoms with Gasteiger partial charge in [-0.25, -0.2) is 0 Å². The molecule has 0 spiro atoms. The smallest absolute Gasteiger partial charge is 0.277 e. The van der Waals surface area contributed by atoms with Gasteiger partial charge in [-0.15, -0.1) is 0 Å². The van der Waals surface area contributed by atoms with Crippen molar-refractivity contribution in [1.82, 2.24) is 5.16 Å². The van der Waals surface area contributed by atoms with Gasteiger partial charge in [0.2, 0.25) is 0 Å². The van der Waals surface area contributed by atoms with Crippen LogP contribution in [0.25, 0.3) is 11.3 Å². The Morgan fingerprint density at radius 3 is 2.50 bits per heavy atom. The summed E-state index contributed by atoms with van der Waals surface area (Å²) in [6, 6.07) is 13.5. The Labute approximate surface area is 148 Å². The van der Waals surface area contributed by atoms with Gasteiger partial charge in [0.25, 0.3) is 5.91 Å². The first kappa shape index (κ1) is 16.4. The van der Waals surface area contributed by atoms with Crippen molar-refractivity contribution in [2.45, 2.75) is 0 Å². The monoisotopic (exact) mass is 362 g/mol. The molecule has 2 aromatic carbocycles. The van der Waals surface area contributed by atoms with Gasteiger partial charge in [0.05, 0.1) is 17.2 Å². The highest BCUT2D eigenvalue weighted by Gasteiger charge is 2.14. The zero-order chi connectivity index (χ0) is 17.1. The molecule has 3 rings (SSSR count). The zero-order valence-corrected chi connectivity index (χ0v) is 14.1. The van der Waals surface area contributed by atoms with Gasteiger partial charge in [0.15, 0.2) is 11.5 Å². The molecule has 0 unspecified atom stereocenters. The average molecular weight is 363 g/mol. The number of nitrogens with one attached hydrogen (secondary N) is 1. The molecule has 0 atom stereocenters. The fraction of sp³-hybridized carbons (Fsp3) is 0.0588. The van der Waals surface area contributed by atoms with Gasteiger partial charge in [-0.1, -0.05) is 28.4 Å². The van der Waals surface area contributed by atoms with Crippen LogP contribution < -0.4 is 10.1 Å². The Morgan fingerprint density at radius 2 is 1.83 bits per heavy atom. The minimum atomic E-state index is -0.379. The van der Waals surface area contributed by atoms with Crippen LogP contribution in [-0.4, -0.2) is 18.2 Å². The maximum Gasteiger partial charge on any atom is 0.277 e. The van der Waals surface area contributed by atoms with Crippen molar-refractivity contribution in [3.63, 3.8) is 0 Å². The number of hydrogen-bond acceptors (Lipinski definition) is 4. The van der Waals surface area contributed by atoms with Crippen molar-refractivity contribution < 1.29 is 14.1 Å². The first-order chi connectivity index (χ1) is 11.6. The minimum Gasteiger partial charge on any atom is -0.497 e. The van der Waals surface area contributed by atoms with E-state index in [0.29, 0.717) is 32.8 Å². The van der Waals surface area contributed by atoms with E-state index in [0.717, 1.165) is 0 Å². The van der Waals surface area contributed by atoms with Gasteiger partial charge < -0.3 is 14.6 Å². The van der Waals surface area contributed by atoms with Crippen LogP contribution in [0.4, 0.5) is 5.69 Å². The van der Waals surface area contributed by atoms with Crippen LogP contribution in [0.15, 0.2) is 53.1 Å². The summed E-state index contributed by atoms with van der Waals surface area (Å²) in [6.07, 6.45) is 0. The minimum absolute atomic E-state index is 0.159. The largest absolute Gasteiger partial charge is 0.497 e. The molecule has 1 heterocycles. The molecule has 0 aliphatic rings. The molecule has 1 aromatic heterocycles. The molecule has 3 aromatic rings. The lowest BCUT2D eigenvalue weighted by Gasteiger charge is -2.04. The van der Waals surface area contributed by atoms with E-state index < -0.39 is 0 Å². The van der Waals surface area contributed by atoms with E-state index in [2.05, 4.69) is 10.5 Å². The normalized spacial score (nSPS) is 10.5. The van der Waals surface area contributed by atoms with Crippen LogP contribution in [0.5, 0.6) is 5.75 Å². The van der Waals surface area contributed by atoms with Crippen molar-refractivity contribution >= 4 is 34.8 Å².